The van der Waals surface area contributed by atoms with Crippen LogP contribution in [0.15, 0.2) is 47.4 Å². The number of benzene rings is 2. The molecule has 0 bridgehead atoms. The lowest BCUT2D eigenvalue weighted by molar-refractivity contribution is -0.117. The van der Waals surface area contributed by atoms with Crippen molar-refractivity contribution < 1.29 is 14.4 Å². The number of nitrogens with zero attached hydrogens (tertiary/aromatic N) is 1. The summed E-state index contributed by atoms with van der Waals surface area (Å²) in [4.78, 5) is 38.5. The Morgan fingerprint density at radius 3 is 2.65 bits per heavy atom. The maximum absolute atomic E-state index is 12.5. The average molecular weight is 367 g/mol. The van der Waals surface area contributed by atoms with Crippen LogP contribution < -0.4 is 15.5 Å². The number of hydrogen-bond acceptors (Lipinski definition) is 4. The molecule has 132 valence electrons. The molecule has 0 radical (unpaired) electrons. The predicted molar refractivity (Wildman–Crippen MR) is 102 cm³/mol. The second-order valence-corrected chi connectivity index (χ2v) is 7.21. The summed E-state index contributed by atoms with van der Waals surface area (Å²) >= 11 is 1.48. The summed E-state index contributed by atoms with van der Waals surface area (Å²) in [6, 6.07) is 12.5. The zero-order valence-corrected chi connectivity index (χ0v) is 14.8. The topological polar surface area (TPSA) is 78.5 Å². The van der Waals surface area contributed by atoms with Crippen LogP contribution in [0.25, 0.3) is 0 Å². The molecule has 4 rings (SSSR count). The Bertz CT molecular complexity index is 895. The van der Waals surface area contributed by atoms with Crippen LogP contribution in [0.1, 0.15) is 23.2 Å². The van der Waals surface area contributed by atoms with Gasteiger partial charge in [0.25, 0.3) is 5.91 Å². The standard InChI is InChI=1S/C19H17N3O3S/c23-17-11-26-16-8-5-13(10-15(16)21-17)20-19(25)12-3-6-14(7-4-12)22-9-1-2-18(22)24/h3-8,10H,1-2,9,11H2,(H,20,25)(H,21,23). The van der Waals surface area contributed by atoms with Gasteiger partial charge in [0.2, 0.25) is 11.8 Å². The van der Waals surface area contributed by atoms with Crippen LogP contribution in [0, 0.1) is 0 Å². The van der Waals surface area contributed by atoms with E-state index in [4.69, 9.17) is 0 Å². The molecule has 0 unspecified atom stereocenters. The van der Waals surface area contributed by atoms with E-state index in [1.165, 1.54) is 11.8 Å². The van der Waals surface area contributed by atoms with Crippen LogP contribution in [0.5, 0.6) is 0 Å². The summed E-state index contributed by atoms with van der Waals surface area (Å²) in [5, 5.41) is 5.65. The highest BCUT2D eigenvalue weighted by atomic mass is 32.2. The van der Waals surface area contributed by atoms with Crippen molar-refractivity contribution in [1.82, 2.24) is 0 Å². The lowest BCUT2D eigenvalue weighted by Crippen LogP contribution is -2.23. The maximum Gasteiger partial charge on any atom is 0.255 e. The van der Waals surface area contributed by atoms with Crippen molar-refractivity contribution in [1.29, 1.82) is 0 Å². The summed E-state index contributed by atoms with van der Waals surface area (Å²) in [6.07, 6.45) is 1.45. The van der Waals surface area contributed by atoms with Crippen LogP contribution in [0.3, 0.4) is 0 Å². The third kappa shape index (κ3) is 3.30. The molecular weight excluding hydrogens is 350 g/mol. The summed E-state index contributed by atoms with van der Waals surface area (Å²) in [6.45, 7) is 0.725. The van der Waals surface area contributed by atoms with Crippen molar-refractivity contribution in [3.63, 3.8) is 0 Å². The van der Waals surface area contributed by atoms with Crippen molar-refractivity contribution in [2.24, 2.45) is 0 Å². The van der Waals surface area contributed by atoms with E-state index < -0.39 is 0 Å². The fraction of sp³-hybridized carbons (Fsp3) is 0.211. The number of carbonyl (C=O) groups excluding carboxylic acids is 3. The van der Waals surface area contributed by atoms with E-state index >= 15 is 0 Å². The summed E-state index contributed by atoms with van der Waals surface area (Å²) in [5.74, 6) is 0.248. The second kappa shape index (κ2) is 6.84. The number of anilines is 3. The summed E-state index contributed by atoms with van der Waals surface area (Å²) in [7, 11) is 0. The van der Waals surface area contributed by atoms with Gasteiger partial charge in [-0.05, 0) is 48.9 Å². The molecule has 0 saturated carbocycles. The van der Waals surface area contributed by atoms with Crippen molar-refractivity contribution in [2.45, 2.75) is 17.7 Å². The molecule has 0 aromatic heterocycles. The van der Waals surface area contributed by atoms with Gasteiger partial charge in [-0.3, -0.25) is 14.4 Å². The predicted octanol–water partition coefficient (Wildman–Crippen LogP) is 3.11. The third-order valence-corrected chi connectivity index (χ3v) is 5.46. The zero-order valence-electron chi connectivity index (χ0n) is 14.0. The monoisotopic (exact) mass is 367 g/mol. The minimum absolute atomic E-state index is 0.0435. The Labute approximate surface area is 154 Å². The van der Waals surface area contributed by atoms with E-state index in [9.17, 15) is 14.4 Å². The summed E-state index contributed by atoms with van der Waals surface area (Å²) in [5.41, 5.74) is 2.66. The van der Waals surface area contributed by atoms with Crippen molar-refractivity contribution in [3.05, 3.63) is 48.0 Å². The Morgan fingerprint density at radius 2 is 1.92 bits per heavy atom. The van der Waals surface area contributed by atoms with Crippen LogP contribution in [0.2, 0.25) is 0 Å². The Hall–Kier alpha value is -2.80. The van der Waals surface area contributed by atoms with E-state index in [0.29, 0.717) is 29.1 Å². The highest BCUT2D eigenvalue weighted by Crippen LogP contribution is 2.33. The first kappa shape index (κ1) is 16.7. The van der Waals surface area contributed by atoms with E-state index in [-0.39, 0.29) is 17.7 Å². The first-order chi connectivity index (χ1) is 12.6. The number of amides is 3. The molecule has 26 heavy (non-hydrogen) atoms. The number of nitrogens with one attached hydrogen (secondary N) is 2. The van der Waals surface area contributed by atoms with Crippen LogP contribution >= 0.6 is 11.8 Å². The van der Waals surface area contributed by atoms with E-state index in [1.54, 1.807) is 35.2 Å². The smallest absolute Gasteiger partial charge is 0.255 e. The molecule has 0 aliphatic carbocycles. The van der Waals surface area contributed by atoms with Gasteiger partial charge < -0.3 is 15.5 Å². The first-order valence-electron chi connectivity index (χ1n) is 8.39. The highest BCUT2D eigenvalue weighted by Gasteiger charge is 2.22. The molecule has 2 aromatic rings. The molecule has 2 aromatic carbocycles. The van der Waals surface area contributed by atoms with Crippen LogP contribution in [0.4, 0.5) is 17.1 Å². The molecule has 7 heteroatoms. The van der Waals surface area contributed by atoms with Gasteiger partial charge in [-0.25, -0.2) is 0 Å². The molecule has 6 nitrogen and oxygen atoms in total. The van der Waals surface area contributed by atoms with Gasteiger partial charge in [0.15, 0.2) is 0 Å². The number of hydrogen-bond donors (Lipinski definition) is 2. The molecule has 1 saturated heterocycles. The molecule has 0 spiro atoms. The van der Waals surface area contributed by atoms with Gasteiger partial charge >= 0.3 is 0 Å². The maximum atomic E-state index is 12.5. The van der Waals surface area contributed by atoms with Crippen LogP contribution in [-0.2, 0) is 9.59 Å². The number of thioether (sulfide) groups is 1. The highest BCUT2D eigenvalue weighted by molar-refractivity contribution is 8.00. The van der Waals surface area contributed by atoms with Crippen molar-refractivity contribution in [3.8, 4) is 0 Å². The van der Waals surface area contributed by atoms with Crippen molar-refractivity contribution >= 4 is 46.5 Å². The van der Waals surface area contributed by atoms with Crippen LogP contribution in [-0.4, -0.2) is 30.0 Å². The van der Waals surface area contributed by atoms with Gasteiger partial charge in [0.05, 0.1) is 11.4 Å². The fourth-order valence-corrected chi connectivity index (χ4v) is 3.87. The van der Waals surface area contributed by atoms with Gasteiger partial charge in [0.1, 0.15) is 0 Å². The van der Waals surface area contributed by atoms with Gasteiger partial charge in [-0.2, -0.15) is 0 Å². The average Bonchev–Trinajstić information content (AvgIpc) is 3.07. The minimum Gasteiger partial charge on any atom is -0.324 e. The van der Waals surface area contributed by atoms with Crippen molar-refractivity contribution in [2.75, 3.05) is 27.8 Å². The fourth-order valence-electron chi connectivity index (χ4n) is 3.08. The Kier molecular flexibility index (Phi) is 4.38. The molecule has 3 amide bonds. The number of carbonyl (C=O) groups is 3. The quantitative estimate of drug-likeness (QED) is 0.874. The number of rotatable bonds is 3. The molecule has 2 aliphatic rings. The lowest BCUT2D eigenvalue weighted by Gasteiger charge is -2.17. The van der Waals surface area contributed by atoms with E-state index in [2.05, 4.69) is 10.6 Å². The molecule has 2 aliphatic heterocycles. The SMILES string of the molecule is O=C1CSc2ccc(NC(=O)c3ccc(N4CCCC4=O)cc3)cc2N1. The normalized spacial score (nSPS) is 16.2. The molecule has 2 heterocycles. The largest absolute Gasteiger partial charge is 0.324 e. The lowest BCUT2D eigenvalue weighted by atomic mass is 10.1. The first-order valence-corrected chi connectivity index (χ1v) is 9.37. The van der Waals surface area contributed by atoms with Gasteiger partial charge in [0, 0.05) is 34.8 Å². The summed E-state index contributed by atoms with van der Waals surface area (Å²) < 4.78 is 0. The van der Waals surface area contributed by atoms with E-state index in [1.807, 2.05) is 12.1 Å². The van der Waals surface area contributed by atoms with E-state index in [0.717, 1.165) is 23.5 Å². The zero-order chi connectivity index (χ0) is 18.1. The van der Waals surface area contributed by atoms with Gasteiger partial charge in [-0.1, -0.05) is 0 Å². The molecular formula is C19H17N3O3S. The molecule has 0 atom stereocenters. The second-order valence-electron chi connectivity index (χ2n) is 6.20. The Balaban J connectivity index is 1.47. The Morgan fingerprint density at radius 1 is 1.12 bits per heavy atom. The molecule has 1 fully saturated rings. The molecule has 2 N–H and O–H groups in total. The third-order valence-electron chi connectivity index (χ3n) is 4.38. The minimum atomic E-state index is -0.237. The number of fused-ring (bicyclic) bond motifs is 1. The van der Waals surface area contributed by atoms with Gasteiger partial charge in [-0.15, -0.1) is 11.8 Å².